The molecule has 0 saturated carbocycles. The first-order valence-corrected chi connectivity index (χ1v) is 7.55. The quantitative estimate of drug-likeness (QED) is 0.771. The molecule has 0 aromatic carbocycles. The van der Waals surface area contributed by atoms with Crippen LogP contribution in [-0.2, 0) is 17.6 Å². The molecule has 0 fully saturated rings. The molecule has 0 amide bonds. The Balaban J connectivity index is 2.22. The first kappa shape index (κ1) is 13.6. The van der Waals surface area contributed by atoms with Crippen LogP contribution in [0.25, 0.3) is 0 Å². The number of methoxy groups -OCH3 is 1. The Morgan fingerprint density at radius 3 is 2.89 bits per heavy atom. The van der Waals surface area contributed by atoms with Crippen LogP contribution < -0.4 is 0 Å². The first-order valence-electron chi connectivity index (χ1n) is 6.67. The Morgan fingerprint density at radius 2 is 2.28 bits per heavy atom. The summed E-state index contributed by atoms with van der Waals surface area (Å²) in [7, 11) is 1.46. The van der Waals surface area contributed by atoms with E-state index >= 15 is 0 Å². The zero-order valence-electron chi connectivity index (χ0n) is 11.7. The summed E-state index contributed by atoms with van der Waals surface area (Å²) >= 11 is 1.73. The highest BCUT2D eigenvalue weighted by Crippen LogP contribution is 2.42. The highest BCUT2D eigenvalue weighted by atomic mass is 32.1. The second kappa shape index (κ2) is 5.04. The standard InChI is InChI=1S/C15H22O2S/c1-5-15(2,3)10-6-7-11-12(14(16)17-4)9-18-13(11)8-10/h9-10H,5-8H2,1-4H3. The lowest BCUT2D eigenvalue weighted by Crippen LogP contribution is -2.28. The van der Waals surface area contributed by atoms with Crippen LogP contribution in [0.2, 0.25) is 0 Å². The molecule has 0 saturated heterocycles. The van der Waals surface area contributed by atoms with Crippen molar-refractivity contribution in [1.29, 1.82) is 0 Å². The molecule has 1 unspecified atom stereocenters. The molecule has 100 valence electrons. The maximum absolute atomic E-state index is 11.7. The molecular weight excluding hydrogens is 244 g/mol. The molecule has 0 N–H and O–H groups in total. The number of carbonyl (C=O) groups excluding carboxylic acids is 1. The number of thiophene rings is 1. The molecule has 3 heteroatoms. The minimum Gasteiger partial charge on any atom is -0.465 e. The SMILES string of the molecule is CCC(C)(C)C1CCc2c(C(=O)OC)csc2C1. The summed E-state index contributed by atoms with van der Waals surface area (Å²) < 4.78 is 4.84. The van der Waals surface area contributed by atoms with Crippen LogP contribution in [0.3, 0.4) is 0 Å². The fraction of sp³-hybridized carbons (Fsp3) is 0.667. The van der Waals surface area contributed by atoms with Gasteiger partial charge < -0.3 is 4.74 Å². The Bertz CT molecular complexity index is 445. The van der Waals surface area contributed by atoms with Gasteiger partial charge in [-0.3, -0.25) is 0 Å². The third kappa shape index (κ3) is 2.33. The van der Waals surface area contributed by atoms with E-state index in [1.54, 1.807) is 11.3 Å². The van der Waals surface area contributed by atoms with Crippen molar-refractivity contribution in [3.8, 4) is 0 Å². The van der Waals surface area contributed by atoms with Gasteiger partial charge in [-0.2, -0.15) is 0 Å². The van der Waals surface area contributed by atoms with Crippen molar-refractivity contribution in [3.63, 3.8) is 0 Å². The van der Waals surface area contributed by atoms with E-state index in [1.807, 2.05) is 5.38 Å². The first-order chi connectivity index (χ1) is 8.49. The summed E-state index contributed by atoms with van der Waals surface area (Å²) in [5.41, 5.74) is 2.44. The summed E-state index contributed by atoms with van der Waals surface area (Å²) in [6.45, 7) is 6.98. The second-order valence-electron chi connectivity index (χ2n) is 5.82. The van der Waals surface area contributed by atoms with E-state index in [0.717, 1.165) is 24.3 Å². The summed E-state index contributed by atoms with van der Waals surface area (Å²) in [6, 6.07) is 0. The van der Waals surface area contributed by atoms with E-state index in [4.69, 9.17) is 4.74 Å². The number of carbonyl (C=O) groups is 1. The molecular formula is C15H22O2S. The Morgan fingerprint density at radius 1 is 1.56 bits per heavy atom. The average Bonchev–Trinajstić information content (AvgIpc) is 2.80. The van der Waals surface area contributed by atoms with Crippen molar-refractivity contribution >= 4 is 17.3 Å². The van der Waals surface area contributed by atoms with Gasteiger partial charge in [0.1, 0.15) is 0 Å². The highest BCUT2D eigenvalue weighted by molar-refractivity contribution is 7.10. The topological polar surface area (TPSA) is 26.3 Å². The molecule has 1 heterocycles. The van der Waals surface area contributed by atoms with Crippen LogP contribution in [-0.4, -0.2) is 13.1 Å². The molecule has 0 bridgehead atoms. The van der Waals surface area contributed by atoms with Gasteiger partial charge in [0.05, 0.1) is 12.7 Å². The molecule has 1 aromatic heterocycles. The van der Waals surface area contributed by atoms with Crippen LogP contribution in [0.4, 0.5) is 0 Å². The van der Waals surface area contributed by atoms with Gasteiger partial charge >= 0.3 is 5.97 Å². The van der Waals surface area contributed by atoms with Gasteiger partial charge in [0, 0.05) is 10.3 Å². The predicted molar refractivity (Wildman–Crippen MR) is 75.2 cm³/mol. The van der Waals surface area contributed by atoms with Crippen LogP contribution >= 0.6 is 11.3 Å². The Kier molecular flexibility index (Phi) is 3.81. The lowest BCUT2D eigenvalue weighted by atomic mass is 9.69. The van der Waals surface area contributed by atoms with Crippen molar-refractivity contribution in [2.75, 3.05) is 7.11 Å². The molecule has 0 aliphatic heterocycles. The van der Waals surface area contributed by atoms with Crippen molar-refractivity contribution in [2.45, 2.75) is 46.5 Å². The maximum Gasteiger partial charge on any atom is 0.338 e. The summed E-state index contributed by atoms with van der Waals surface area (Å²) in [5, 5.41) is 1.97. The minimum absolute atomic E-state index is 0.180. The van der Waals surface area contributed by atoms with E-state index in [-0.39, 0.29) is 5.97 Å². The number of esters is 1. The van der Waals surface area contributed by atoms with Crippen molar-refractivity contribution < 1.29 is 9.53 Å². The number of ether oxygens (including phenoxy) is 1. The largest absolute Gasteiger partial charge is 0.465 e. The monoisotopic (exact) mass is 266 g/mol. The summed E-state index contributed by atoms with van der Waals surface area (Å²) in [5.74, 6) is 0.555. The van der Waals surface area contributed by atoms with Crippen molar-refractivity contribution in [2.24, 2.45) is 11.3 Å². The van der Waals surface area contributed by atoms with E-state index < -0.39 is 0 Å². The van der Waals surface area contributed by atoms with E-state index in [0.29, 0.717) is 5.41 Å². The smallest absolute Gasteiger partial charge is 0.338 e. The number of rotatable bonds is 3. The van der Waals surface area contributed by atoms with Gasteiger partial charge in [-0.1, -0.05) is 27.2 Å². The fourth-order valence-corrected chi connectivity index (χ4v) is 3.90. The zero-order valence-corrected chi connectivity index (χ0v) is 12.5. The summed E-state index contributed by atoms with van der Waals surface area (Å²) in [6.07, 6.45) is 4.55. The molecule has 1 aliphatic carbocycles. The van der Waals surface area contributed by atoms with Crippen LogP contribution in [0.15, 0.2) is 5.38 Å². The predicted octanol–water partition coefficient (Wildman–Crippen LogP) is 4.08. The highest BCUT2D eigenvalue weighted by Gasteiger charge is 2.33. The third-order valence-corrected chi connectivity index (χ3v) is 5.63. The van der Waals surface area contributed by atoms with Gasteiger partial charge in [-0.15, -0.1) is 11.3 Å². The Hall–Kier alpha value is -0.830. The second-order valence-corrected chi connectivity index (χ2v) is 6.79. The molecule has 1 atom stereocenters. The minimum atomic E-state index is -0.180. The van der Waals surface area contributed by atoms with Crippen molar-refractivity contribution in [1.82, 2.24) is 0 Å². The molecule has 18 heavy (non-hydrogen) atoms. The molecule has 1 aromatic rings. The van der Waals surface area contributed by atoms with Crippen molar-refractivity contribution in [3.05, 3.63) is 21.4 Å². The third-order valence-electron chi connectivity index (χ3n) is 4.58. The van der Waals surface area contributed by atoms with Gasteiger partial charge in [0.15, 0.2) is 0 Å². The normalized spacial score (nSPS) is 19.4. The Labute approximate surface area is 113 Å². The zero-order chi connectivity index (χ0) is 13.3. The van der Waals surface area contributed by atoms with E-state index in [2.05, 4.69) is 20.8 Å². The average molecular weight is 266 g/mol. The van der Waals surface area contributed by atoms with E-state index in [1.165, 1.54) is 30.4 Å². The summed E-state index contributed by atoms with van der Waals surface area (Å²) in [4.78, 5) is 13.1. The lowest BCUT2D eigenvalue weighted by Gasteiger charge is -2.36. The van der Waals surface area contributed by atoms with Crippen LogP contribution in [0.1, 0.15) is 54.4 Å². The number of hydrogen-bond donors (Lipinski definition) is 0. The van der Waals surface area contributed by atoms with Gasteiger partial charge in [-0.25, -0.2) is 4.79 Å². The molecule has 2 nitrogen and oxygen atoms in total. The fourth-order valence-electron chi connectivity index (χ4n) is 2.75. The molecule has 1 aliphatic rings. The van der Waals surface area contributed by atoms with Gasteiger partial charge in [0.2, 0.25) is 0 Å². The molecule has 0 radical (unpaired) electrons. The molecule has 0 spiro atoms. The van der Waals surface area contributed by atoms with Crippen LogP contribution in [0.5, 0.6) is 0 Å². The van der Waals surface area contributed by atoms with E-state index in [9.17, 15) is 4.79 Å². The van der Waals surface area contributed by atoms with Crippen LogP contribution in [0, 0.1) is 11.3 Å². The maximum atomic E-state index is 11.7. The number of fused-ring (bicyclic) bond motifs is 1. The van der Waals surface area contributed by atoms with Gasteiger partial charge in [-0.05, 0) is 36.2 Å². The lowest BCUT2D eigenvalue weighted by molar-refractivity contribution is 0.0599. The van der Waals surface area contributed by atoms with Gasteiger partial charge in [0.25, 0.3) is 0 Å². The molecule has 2 rings (SSSR count). The number of hydrogen-bond acceptors (Lipinski definition) is 3.